The molecule has 0 spiro atoms. The number of methoxy groups -OCH3 is 2. The van der Waals surface area contributed by atoms with E-state index in [4.69, 9.17) is 19.4 Å². The molecule has 10 nitrogen and oxygen atoms in total. The largest absolute Gasteiger partial charge is 0.497 e. The number of rotatable bonds is 13. The molecule has 1 amide bonds. The molecule has 4 heterocycles. The number of carbonyl (C=O) groups excluding carboxylic acids is 1. The fourth-order valence-electron chi connectivity index (χ4n) is 5.78. The molecule has 4 aromatic heterocycles. The number of aromatic nitrogens is 4. The van der Waals surface area contributed by atoms with Gasteiger partial charge in [-0.05, 0) is 90.0 Å². The van der Waals surface area contributed by atoms with Gasteiger partial charge in [-0.2, -0.15) is 0 Å². The Balaban J connectivity index is 1.46. The first kappa shape index (κ1) is 33.9. The lowest BCUT2D eigenvalue weighted by molar-refractivity contribution is 0.0802. The van der Waals surface area contributed by atoms with Gasteiger partial charge in [0.25, 0.3) is 5.91 Å². The maximum atomic E-state index is 12.8. The summed E-state index contributed by atoms with van der Waals surface area (Å²) in [6.45, 7) is 5.87. The third-order valence-corrected chi connectivity index (χ3v) is 8.71. The number of ether oxygens (including phenoxy) is 2. The molecule has 2 aromatic carbocycles. The van der Waals surface area contributed by atoms with Gasteiger partial charge in [-0.25, -0.2) is 15.0 Å². The van der Waals surface area contributed by atoms with Crippen LogP contribution in [-0.2, 0) is 19.5 Å². The Morgan fingerprint density at radius 1 is 0.780 bits per heavy atom. The highest BCUT2D eigenvalue weighted by Gasteiger charge is 2.19. The Kier molecular flexibility index (Phi) is 10.5. The van der Waals surface area contributed by atoms with Crippen LogP contribution in [-0.4, -0.2) is 58.6 Å². The minimum absolute atomic E-state index is 0.0678. The number of aryl methyl sites for hydroxylation is 1. The number of benzene rings is 2. The van der Waals surface area contributed by atoms with Crippen LogP contribution < -0.4 is 19.7 Å². The van der Waals surface area contributed by atoms with E-state index in [9.17, 15) is 4.79 Å². The third kappa shape index (κ3) is 7.65. The molecule has 6 aromatic rings. The zero-order chi connectivity index (χ0) is 35.0. The lowest BCUT2D eigenvalue weighted by Gasteiger charge is -2.26. The molecule has 6 rings (SSSR count). The molecule has 0 aliphatic heterocycles. The number of fused-ring (bicyclic) bond motifs is 1. The summed E-state index contributed by atoms with van der Waals surface area (Å²) in [6.07, 6.45) is 8.02. The molecule has 0 atom stereocenters. The van der Waals surface area contributed by atoms with Crippen LogP contribution in [0.2, 0.25) is 0 Å². The monoisotopic (exact) mass is 667 g/mol. The number of anilines is 3. The van der Waals surface area contributed by atoms with Crippen molar-refractivity contribution in [2.24, 2.45) is 0 Å². The fraction of sp³-hybridized carbons (Fsp3) is 0.225. The summed E-state index contributed by atoms with van der Waals surface area (Å²) >= 11 is 0. The predicted octanol–water partition coefficient (Wildman–Crippen LogP) is 7.71. The van der Waals surface area contributed by atoms with Crippen LogP contribution in [0, 0.1) is 0 Å². The van der Waals surface area contributed by atoms with Crippen molar-refractivity contribution in [2.45, 2.75) is 33.4 Å². The van der Waals surface area contributed by atoms with Crippen molar-refractivity contribution in [3.63, 3.8) is 0 Å². The van der Waals surface area contributed by atoms with Crippen molar-refractivity contribution in [3.05, 3.63) is 126 Å². The van der Waals surface area contributed by atoms with Crippen molar-refractivity contribution in [2.75, 3.05) is 38.0 Å². The number of pyridine rings is 4. The van der Waals surface area contributed by atoms with Gasteiger partial charge in [0.2, 0.25) is 0 Å². The second kappa shape index (κ2) is 15.5. The summed E-state index contributed by atoms with van der Waals surface area (Å²) in [5.74, 6) is 3.46. The SMILES string of the molecule is CCc1ccncc1-c1cc2cc(Nc3cc(C(=O)N(C)CC)ccn3)ncc2c(N(Cc2ccc(OC)cc2)Cc2ccc(OC)cc2)n1. The van der Waals surface area contributed by atoms with Crippen LogP contribution in [0.1, 0.15) is 40.9 Å². The summed E-state index contributed by atoms with van der Waals surface area (Å²) in [5.41, 5.74) is 5.72. The Hall–Kier alpha value is -6.03. The first-order valence-corrected chi connectivity index (χ1v) is 16.6. The molecular weight excluding hydrogens is 626 g/mol. The first-order chi connectivity index (χ1) is 24.4. The molecule has 0 aliphatic rings. The van der Waals surface area contributed by atoms with Crippen LogP contribution in [0.3, 0.4) is 0 Å². The van der Waals surface area contributed by atoms with E-state index in [-0.39, 0.29) is 5.91 Å². The van der Waals surface area contributed by atoms with Crippen LogP contribution in [0.15, 0.2) is 104 Å². The maximum absolute atomic E-state index is 12.8. The Morgan fingerprint density at radius 2 is 1.44 bits per heavy atom. The minimum atomic E-state index is -0.0678. The second-order valence-electron chi connectivity index (χ2n) is 11.9. The highest BCUT2D eigenvalue weighted by atomic mass is 16.5. The van der Waals surface area contributed by atoms with Gasteiger partial charge < -0.3 is 24.6 Å². The number of carbonyl (C=O) groups is 1. The molecule has 0 fully saturated rings. The van der Waals surface area contributed by atoms with E-state index >= 15 is 0 Å². The van der Waals surface area contributed by atoms with Crippen LogP contribution >= 0.6 is 0 Å². The normalized spacial score (nSPS) is 10.9. The number of hydrogen-bond donors (Lipinski definition) is 1. The molecule has 10 heteroatoms. The molecule has 0 aliphatic carbocycles. The summed E-state index contributed by atoms with van der Waals surface area (Å²) in [7, 11) is 5.12. The van der Waals surface area contributed by atoms with Gasteiger partial charge in [0.05, 0.1) is 19.9 Å². The van der Waals surface area contributed by atoms with E-state index in [2.05, 4.69) is 57.4 Å². The predicted molar refractivity (Wildman–Crippen MR) is 198 cm³/mol. The Labute approximate surface area is 292 Å². The van der Waals surface area contributed by atoms with Crippen LogP contribution in [0.25, 0.3) is 22.0 Å². The van der Waals surface area contributed by atoms with E-state index in [0.29, 0.717) is 36.8 Å². The summed E-state index contributed by atoms with van der Waals surface area (Å²) in [4.78, 5) is 35.8. The molecule has 0 bridgehead atoms. The summed E-state index contributed by atoms with van der Waals surface area (Å²) < 4.78 is 10.9. The lowest BCUT2D eigenvalue weighted by atomic mass is 10.0. The van der Waals surface area contributed by atoms with Gasteiger partial charge in [-0.15, -0.1) is 0 Å². The first-order valence-electron chi connectivity index (χ1n) is 16.6. The van der Waals surface area contributed by atoms with Crippen molar-refractivity contribution in [1.29, 1.82) is 0 Å². The maximum Gasteiger partial charge on any atom is 0.253 e. The Morgan fingerprint density at radius 3 is 2.06 bits per heavy atom. The smallest absolute Gasteiger partial charge is 0.253 e. The van der Waals surface area contributed by atoms with Crippen LogP contribution in [0.5, 0.6) is 11.5 Å². The summed E-state index contributed by atoms with van der Waals surface area (Å²) in [6, 6.07) is 25.8. The number of amides is 1. The van der Waals surface area contributed by atoms with Crippen molar-refractivity contribution >= 4 is 34.1 Å². The molecule has 254 valence electrons. The van der Waals surface area contributed by atoms with Gasteiger partial charge in [0.1, 0.15) is 29.0 Å². The highest BCUT2D eigenvalue weighted by Crippen LogP contribution is 2.34. The van der Waals surface area contributed by atoms with Gasteiger partial charge in [0, 0.05) is 68.0 Å². The highest BCUT2D eigenvalue weighted by molar-refractivity contribution is 5.97. The second-order valence-corrected chi connectivity index (χ2v) is 11.9. The molecule has 0 radical (unpaired) electrons. The number of hydrogen-bond acceptors (Lipinski definition) is 9. The van der Waals surface area contributed by atoms with E-state index in [1.54, 1.807) is 44.5 Å². The Bertz CT molecular complexity index is 2040. The third-order valence-electron chi connectivity index (χ3n) is 8.71. The van der Waals surface area contributed by atoms with E-state index in [1.165, 1.54) is 0 Å². The molecule has 0 unspecified atom stereocenters. The average molecular weight is 668 g/mol. The van der Waals surface area contributed by atoms with Gasteiger partial charge in [-0.1, -0.05) is 31.2 Å². The van der Waals surface area contributed by atoms with Gasteiger partial charge in [0.15, 0.2) is 0 Å². The topological polar surface area (TPSA) is 106 Å². The van der Waals surface area contributed by atoms with Crippen LogP contribution in [0.4, 0.5) is 17.5 Å². The minimum Gasteiger partial charge on any atom is -0.497 e. The van der Waals surface area contributed by atoms with E-state index in [0.717, 1.165) is 62.5 Å². The zero-order valence-corrected chi connectivity index (χ0v) is 29.1. The molecule has 50 heavy (non-hydrogen) atoms. The van der Waals surface area contributed by atoms with E-state index < -0.39 is 0 Å². The van der Waals surface area contributed by atoms with Gasteiger partial charge in [-0.3, -0.25) is 9.78 Å². The number of nitrogens with one attached hydrogen (secondary N) is 1. The molecular formula is C40H41N7O3. The van der Waals surface area contributed by atoms with Crippen molar-refractivity contribution in [1.82, 2.24) is 24.8 Å². The molecule has 0 saturated carbocycles. The molecule has 1 N–H and O–H groups in total. The fourth-order valence-corrected chi connectivity index (χ4v) is 5.78. The van der Waals surface area contributed by atoms with Crippen molar-refractivity contribution < 1.29 is 14.3 Å². The standard InChI is InChI=1S/C40H41N7O3/c1-6-29-16-18-41-23-34(29)36-20-31-22-38(45-37-21-30(17-19-42-37)40(48)46(3)7-2)43-24-35(31)39(44-36)47(25-27-8-12-32(49-4)13-9-27)26-28-10-14-33(50-5)15-11-28/h8-24H,6-7,25-26H2,1-5H3,(H,42,43,45). The van der Waals surface area contributed by atoms with Crippen molar-refractivity contribution in [3.8, 4) is 22.8 Å². The lowest BCUT2D eigenvalue weighted by Crippen LogP contribution is -2.26. The van der Waals surface area contributed by atoms with E-state index in [1.807, 2.05) is 61.9 Å². The summed E-state index contributed by atoms with van der Waals surface area (Å²) in [5, 5.41) is 5.16. The quantitative estimate of drug-likeness (QED) is 0.133. The number of nitrogens with zero attached hydrogens (tertiary/aromatic N) is 6. The van der Waals surface area contributed by atoms with Gasteiger partial charge >= 0.3 is 0 Å². The average Bonchev–Trinajstić information content (AvgIpc) is 3.17. The molecule has 0 saturated heterocycles. The zero-order valence-electron chi connectivity index (χ0n) is 29.1.